The summed E-state index contributed by atoms with van der Waals surface area (Å²) in [6.07, 6.45) is 7.88. The fraction of sp³-hybridized carbons (Fsp3) is 0.500. The van der Waals surface area contributed by atoms with Crippen LogP contribution in [0.25, 0.3) is 0 Å². The second-order valence-corrected chi connectivity index (χ2v) is 8.42. The predicted octanol–water partition coefficient (Wildman–Crippen LogP) is 7.95. The van der Waals surface area contributed by atoms with Crippen molar-refractivity contribution in [1.29, 1.82) is 0 Å². The highest BCUT2D eigenvalue weighted by Crippen LogP contribution is 2.37. The van der Waals surface area contributed by atoms with Gasteiger partial charge in [-0.3, -0.25) is 0 Å². The Labute approximate surface area is 201 Å². The molecule has 6 heteroatoms. The number of ether oxygens (including phenoxy) is 2. The molecule has 0 amide bonds. The van der Waals surface area contributed by atoms with E-state index in [4.69, 9.17) is 21.1 Å². The third-order valence-electron chi connectivity index (χ3n) is 4.74. The summed E-state index contributed by atoms with van der Waals surface area (Å²) in [4.78, 5) is 0. The number of benzene rings is 2. The molecular weight excluding hydrogens is 485 g/mol. The van der Waals surface area contributed by atoms with E-state index < -0.39 is 0 Å². The highest BCUT2D eigenvalue weighted by atomic mass is 79.9. The van der Waals surface area contributed by atoms with E-state index in [0.29, 0.717) is 24.0 Å². The lowest BCUT2D eigenvalue weighted by Crippen LogP contribution is -2.15. The minimum absolute atomic E-state index is 0. The maximum Gasteiger partial charge on any atom is 0.175 e. The van der Waals surface area contributed by atoms with Crippen molar-refractivity contribution in [2.75, 3.05) is 13.2 Å². The van der Waals surface area contributed by atoms with Gasteiger partial charge in [0.1, 0.15) is 6.61 Å². The number of rotatable bonds is 14. The van der Waals surface area contributed by atoms with Crippen molar-refractivity contribution in [3.63, 3.8) is 0 Å². The normalized spacial score (nSPS) is 10.5. The molecule has 0 saturated carbocycles. The van der Waals surface area contributed by atoms with Crippen LogP contribution in [-0.2, 0) is 13.2 Å². The second kappa shape index (κ2) is 15.8. The van der Waals surface area contributed by atoms with Crippen LogP contribution in [0.4, 0.5) is 0 Å². The maximum atomic E-state index is 6.24. The summed E-state index contributed by atoms with van der Waals surface area (Å²) in [6, 6.07) is 11.9. The quantitative estimate of drug-likeness (QED) is 0.257. The van der Waals surface area contributed by atoms with Crippen LogP contribution in [0.15, 0.2) is 40.9 Å². The molecule has 30 heavy (non-hydrogen) atoms. The number of hydrogen-bond donors (Lipinski definition) is 1. The monoisotopic (exact) mass is 517 g/mol. The van der Waals surface area contributed by atoms with Crippen molar-refractivity contribution in [2.24, 2.45) is 0 Å². The summed E-state index contributed by atoms with van der Waals surface area (Å²) in [5.74, 6) is 1.47. The lowest BCUT2D eigenvalue weighted by Gasteiger charge is -2.16. The van der Waals surface area contributed by atoms with Gasteiger partial charge < -0.3 is 14.8 Å². The van der Waals surface area contributed by atoms with Crippen molar-refractivity contribution in [1.82, 2.24) is 5.32 Å². The van der Waals surface area contributed by atoms with Crippen LogP contribution in [0.2, 0.25) is 5.02 Å². The first-order valence-corrected chi connectivity index (χ1v) is 11.8. The van der Waals surface area contributed by atoms with E-state index >= 15 is 0 Å². The zero-order valence-electron chi connectivity index (χ0n) is 18.0. The lowest BCUT2D eigenvalue weighted by atomic mass is 10.1. The average Bonchev–Trinajstić information content (AvgIpc) is 2.71. The van der Waals surface area contributed by atoms with Gasteiger partial charge in [-0.2, -0.15) is 0 Å². The maximum absolute atomic E-state index is 6.24. The number of hydrogen-bond acceptors (Lipinski definition) is 3. The lowest BCUT2D eigenvalue weighted by molar-refractivity contribution is 0.267. The van der Waals surface area contributed by atoms with Gasteiger partial charge in [-0.1, -0.05) is 68.8 Å². The van der Waals surface area contributed by atoms with Crippen LogP contribution >= 0.6 is 39.9 Å². The van der Waals surface area contributed by atoms with Gasteiger partial charge in [-0.25, -0.2) is 0 Å². The first-order chi connectivity index (χ1) is 14.2. The molecule has 0 aromatic heterocycles. The van der Waals surface area contributed by atoms with Gasteiger partial charge >= 0.3 is 0 Å². The molecule has 0 fully saturated rings. The molecule has 0 aliphatic heterocycles. The van der Waals surface area contributed by atoms with Crippen molar-refractivity contribution >= 4 is 39.9 Å². The van der Waals surface area contributed by atoms with Crippen LogP contribution in [0.5, 0.6) is 11.5 Å². The van der Waals surface area contributed by atoms with Crippen molar-refractivity contribution in [2.45, 2.75) is 65.5 Å². The Morgan fingerprint density at radius 1 is 0.967 bits per heavy atom. The molecule has 0 bridgehead atoms. The Morgan fingerprint density at radius 3 is 2.43 bits per heavy atom. The Balaban J connectivity index is 0.00000450. The van der Waals surface area contributed by atoms with E-state index in [9.17, 15) is 0 Å². The molecule has 0 heterocycles. The molecule has 2 aromatic carbocycles. The van der Waals surface area contributed by atoms with Crippen LogP contribution in [0.1, 0.15) is 63.5 Å². The zero-order chi connectivity index (χ0) is 20.9. The number of nitrogens with one attached hydrogen (secondary N) is 1. The van der Waals surface area contributed by atoms with Crippen molar-refractivity contribution in [3.8, 4) is 11.5 Å². The molecular formula is C24H34BrCl2NO2. The molecule has 0 aliphatic rings. The van der Waals surface area contributed by atoms with Gasteiger partial charge in [-0.05, 0) is 59.6 Å². The molecule has 0 atom stereocenters. The Hall–Kier alpha value is -0.940. The molecule has 0 unspecified atom stereocenters. The van der Waals surface area contributed by atoms with Crippen LogP contribution in [0, 0.1) is 0 Å². The highest BCUT2D eigenvalue weighted by Gasteiger charge is 2.13. The fourth-order valence-electron chi connectivity index (χ4n) is 3.15. The molecule has 0 spiro atoms. The highest BCUT2D eigenvalue weighted by molar-refractivity contribution is 9.10. The van der Waals surface area contributed by atoms with Gasteiger partial charge in [0.2, 0.25) is 0 Å². The van der Waals surface area contributed by atoms with E-state index in [1.807, 2.05) is 31.2 Å². The summed E-state index contributed by atoms with van der Waals surface area (Å²) in [6.45, 7) is 7.08. The Bertz CT molecular complexity index is 743. The molecule has 0 saturated heterocycles. The van der Waals surface area contributed by atoms with Crippen molar-refractivity contribution in [3.05, 3.63) is 57.0 Å². The van der Waals surface area contributed by atoms with Gasteiger partial charge in [-0.15, -0.1) is 12.4 Å². The Kier molecular flexibility index (Phi) is 14.3. The summed E-state index contributed by atoms with van der Waals surface area (Å²) < 4.78 is 12.8. The van der Waals surface area contributed by atoms with E-state index in [-0.39, 0.29) is 12.4 Å². The molecule has 2 aromatic rings. The molecule has 1 N–H and O–H groups in total. The van der Waals surface area contributed by atoms with Crippen LogP contribution in [-0.4, -0.2) is 13.2 Å². The van der Waals surface area contributed by atoms with Crippen molar-refractivity contribution < 1.29 is 9.47 Å². The number of unbranched alkanes of at least 4 members (excludes halogenated alkanes) is 5. The first kappa shape index (κ1) is 27.1. The van der Waals surface area contributed by atoms with E-state index in [2.05, 4.69) is 40.3 Å². The first-order valence-electron chi connectivity index (χ1n) is 10.7. The summed E-state index contributed by atoms with van der Waals surface area (Å²) in [7, 11) is 0. The second-order valence-electron chi connectivity index (χ2n) is 7.16. The molecule has 2 rings (SSSR count). The van der Waals surface area contributed by atoms with E-state index in [1.165, 1.54) is 44.1 Å². The Morgan fingerprint density at radius 2 is 1.70 bits per heavy atom. The van der Waals surface area contributed by atoms with Gasteiger partial charge in [0, 0.05) is 17.1 Å². The third-order valence-corrected chi connectivity index (χ3v) is 5.69. The van der Waals surface area contributed by atoms with Gasteiger partial charge in [0.15, 0.2) is 11.5 Å². The predicted molar refractivity (Wildman–Crippen MR) is 133 cm³/mol. The summed E-state index contributed by atoms with van der Waals surface area (Å²) in [5.41, 5.74) is 2.13. The number of halogens is 3. The SMILES string of the molecule is CCCCCCCCNCc1cc(Br)c(OCc2ccccc2Cl)c(OCC)c1.Cl. The molecule has 0 aliphatic carbocycles. The van der Waals surface area contributed by atoms with Crippen LogP contribution in [0.3, 0.4) is 0 Å². The van der Waals surface area contributed by atoms with E-state index in [0.717, 1.165) is 28.9 Å². The van der Waals surface area contributed by atoms with Crippen LogP contribution < -0.4 is 14.8 Å². The van der Waals surface area contributed by atoms with Gasteiger partial charge in [0.25, 0.3) is 0 Å². The van der Waals surface area contributed by atoms with Gasteiger partial charge in [0.05, 0.1) is 11.1 Å². The standard InChI is InChI=1S/C24H33BrClNO2.ClH/c1-3-5-6-7-8-11-14-27-17-19-15-21(25)24(23(16-19)28-4-2)29-18-20-12-9-10-13-22(20)26;/h9-10,12-13,15-16,27H,3-8,11,14,17-18H2,1-2H3;1H. The fourth-order valence-corrected chi connectivity index (χ4v) is 3.95. The zero-order valence-corrected chi connectivity index (χ0v) is 21.2. The topological polar surface area (TPSA) is 30.5 Å². The minimum Gasteiger partial charge on any atom is -0.490 e. The molecule has 3 nitrogen and oxygen atoms in total. The third kappa shape index (κ3) is 9.47. The average molecular weight is 519 g/mol. The molecule has 0 radical (unpaired) electrons. The summed E-state index contributed by atoms with van der Waals surface area (Å²) in [5, 5.41) is 4.24. The molecule has 168 valence electrons. The largest absolute Gasteiger partial charge is 0.490 e. The minimum atomic E-state index is 0. The van der Waals surface area contributed by atoms with E-state index in [1.54, 1.807) is 0 Å². The smallest absolute Gasteiger partial charge is 0.175 e. The summed E-state index contributed by atoms with van der Waals surface area (Å²) >= 11 is 9.90.